The van der Waals surface area contributed by atoms with E-state index < -0.39 is 0 Å². The maximum Gasteiger partial charge on any atom is 0.161 e. The second-order valence-electron chi connectivity index (χ2n) is 8.56. The summed E-state index contributed by atoms with van der Waals surface area (Å²) in [5.41, 5.74) is 6.38. The zero-order valence-electron chi connectivity index (χ0n) is 17.5. The third kappa shape index (κ3) is 3.21. The number of nitrogens with one attached hydrogen (secondary N) is 2. The van der Waals surface area contributed by atoms with E-state index in [0.717, 1.165) is 47.1 Å². The minimum absolute atomic E-state index is 0.174. The summed E-state index contributed by atoms with van der Waals surface area (Å²) in [7, 11) is 0. The Morgan fingerprint density at radius 1 is 1.09 bits per heavy atom. The molecule has 0 aliphatic carbocycles. The highest BCUT2D eigenvalue weighted by atomic mass is 19.1. The van der Waals surface area contributed by atoms with Crippen LogP contribution in [0.4, 0.5) is 10.1 Å². The van der Waals surface area contributed by atoms with Crippen molar-refractivity contribution in [2.45, 2.75) is 12.6 Å². The summed E-state index contributed by atoms with van der Waals surface area (Å²) in [6.45, 7) is 2.55. The number of imidazole rings is 1. The highest BCUT2D eigenvalue weighted by Gasteiger charge is 2.27. The van der Waals surface area contributed by atoms with E-state index >= 15 is 0 Å². The van der Waals surface area contributed by atoms with Crippen LogP contribution >= 0.6 is 0 Å². The van der Waals surface area contributed by atoms with Crippen LogP contribution in [-0.2, 0) is 6.54 Å². The fraction of sp³-hybridized carbons (Fsp3) is 0.240. The van der Waals surface area contributed by atoms with E-state index in [1.54, 1.807) is 12.1 Å². The molecule has 1 fully saturated rings. The van der Waals surface area contributed by atoms with Crippen molar-refractivity contribution >= 4 is 5.69 Å². The van der Waals surface area contributed by atoms with Gasteiger partial charge < -0.3 is 20.3 Å². The number of anilines is 1. The molecule has 1 unspecified atom stereocenters. The molecule has 6 rings (SSSR count). The van der Waals surface area contributed by atoms with Crippen LogP contribution in [0.25, 0.3) is 28.3 Å². The topological polar surface area (TPSA) is 67.0 Å². The first-order valence-corrected chi connectivity index (χ1v) is 10.9. The van der Waals surface area contributed by atoms with Crippen LogP contribution in [0.1, 0.15) is 5.56 Å². The molecule has 4 heterocycles. The standard InChI is InChI=1S/C25H24FN5O/c26-20-3-1-16(2-4-20)17-10-24-25-28-7-8-31(25)23-6-5-21(9-18(23)14-30(24)13-17)29-22-12-27-11-19(22)15-32/h1-10,13,19,22,27,29,32H,11-12,14-15H2/t19-,22?/m0/s1. The first-order valence-electron chi connectivity index (χ1n) is 10.9. The van der Waals surface area contributed by atoms with Crippen molar-refractivity contribution in [3.8, 4) is 28.3 Å². The molecule has 0 bridgehead atoms. The predicted octanol–water partition coefficient (Wildman–Crippen LogP) is 3.50. The number of hydrogen-bond acceptors (Lipinski definition) is 4. The molecular weight excluding hydrogens is 405 g/mol. The smallest absolute Gasteiger partial charge is 0.161 e. The molecule has 0 radical (unpaired) electrons. The van der Waals surface area contributed by atoms with Crippen molar-refractivity contribution in [3.05, 3.63) is 78.5 Å². The summed E-state index contributed by atoms with van der Waals surface area (Å²) in [6, 6.07) is 15.3. The van der Waals surface area contributed by atoms with Crippen LogP contribution in [0.3, 0.4) is 0 Å². The molecule has 2 aliphatic rings. The Balaban J connectivity index is 1.39. The summed E-state index contributed by atoms with van der Waals surface area (Å²) in [5, 5.41) is 16.6. The number of benzene rings is 2. The average molecular weight is 429 g/mol. The molecule has 0 spiro atoms. The van der Waals surface area contributed by atoms with Crippen LogP contribution in [0.2, 0.25) is 0 Å². The van der Waals surface area contributed by atoms with Gasteiger partial charge in [0.15, 0.2) is 5.82 Å². The number of aromatic nitrogens is 3. The lowest BCUT2D eigenvalue weighted by molar-refractivity contribution is 0.231. The molecule has 162 valence electrons. The lowest BCUT2D eigenvalue weighted by Crippen LogP contribution is -2.30. The molecule has 0 amide bonds. The normalized spacial score (nSPS) is 19.2. The number of rotatable bonds is 4. The van der Waals surface area contributed by atoms with Crippen LogP contribution in [0.15, 0.2) is 67.1 Å². The fourth-order valence-corrected chi connectivity index (χ4v) is 4.84. The summed E-state index contributed by atoms with van der Waals surface area (Å²) >= 11 is 0. The molecule has 3 N–H and O–H groups in total. The van der Waals surface area contributed by atoms with Crippen LogP contribution in [-0.4, -0.2) is 45.0 Å². The van der Waals surface area contributed by atoms with Crippen molar-refractivity contribution < 1.29 is 9.50 Å². The van der Waals surface area contributed by atoms with Gasteiger partial charge in [0.05, 0.1) is 11.4 Å². The molecule has 2 atom stereocenters. The quantitative estimate of drug-likeness (QED) is 0.409. The fourth-order valence-electron chi connectivity index (χ4n) is 4.84. The lowest BCUT2D eigenvalue weighted by atomic mass is 10.0. The summed E-state index contributed by atoms with van der Waals surface area (Å²) in [5.74, 6) is 0.862. The van der Waals surface area contributed by atoms with Gasteiger partial charge >= 0.3 is 0 Å². The Morgan fingerprint density at radius 3 is 2.81 bits per heavy atom. The van der Waals surface area contributed by atoms with E-state index in [1.165, 1.54) is 17.7 Å². The maximum atomic E-state index is 13.4. The van der Waals surface area contributed by atoms with Crippen molar-refractivity contribution in [3.63, 3.8) is 0 Å². The molecule has 6 nitrogen and oxygen atoms in total. The van der Waals surface area contributed by atoms with Crippen molar-refractivity contribution in [2.75, 3.05) is 25.0 Å². The minimum Gasteiger partial charge on any atom is -0.396 e. The maximum absolute atomic E-state index is 13.4. The van der Waals surface area contributed by atoms with Gasteiger partial charge in [-0.15, -0.1) is 0 Å². The number of aliphatic hydroxyl groups excluding tert-OH is 1. The molecule has 1 saturated heterocycles. The summed E-state index contributed by atoms with van der Waals surface area (Å²) < 4.78 is 17.7. The number of fused-ring (bicyclic) bond motifs is 5. The average Bonchev–Trinajstić information content (AvgIpc) is 3.53. The molecule has 2 aromatic heterocycles. The van der Waals surface area contributed by atoms with Gasteiger partial charge in [-0.05, 0) is 47.5 Å². The highest BCUT2D eigenvalue weighted by molar-refractivity contribution is 5.72. The van der Waals surface area contributed by atoms with E-state index in [4.69, 9.17) is 0 Å². The second-order valence-corrected chi connectivity index (χ2v) is 8.56. The van der Waals surface area contributed by atoms with Gasteiger partial charge in [-0.2, -0.15) is 0 Å². The van der Waals surface area contributed by atoms with Gasteiger partial charge in [-0.1, -0.05) is 12.1 Å². The third-order valence-corrected chi connectivity index (χ3v) is 6.55. The molecule has 7 heteroatoms. The second kappa shape index (κ2) is 7.62. The molecule has 2 aromatic carbocycles. The van der Waals surface area contributed by atoms with E-state index in [-0.39, 0.29) is 24.4 Å². The van der Waals surface area contributed by atoms with Gasteiger partial charge in [-0.3, -0.25) is 4.57 Å². The van der Waals surface area contributed by atoms with Crippen LogP contribution in [0, 0.1) is 11.7 Å². The summed E-state index contributed by atoms with van der Waals surface area (Å²) in [6.07, 6.45) is 5.92. The molecule has 32 heavy (non-hydrogen) atoms. The lowest BCUT2D eigenvalue weighted by Gasteiger charge is -2.20. The monoisotopic (exact) mass is 429 g/mol. The Hall–Kier alpha value is -3.42. The Morgan fingerprint density at radius 2 is 1.97 bits per heavy atom. The van der Waals surface area contributed by atoms with E-state index in [0.29, 0.717) is 6.54 Å². The van der Waals surface area contributed by atoms with E-state index in [1.807, 2.05) is 12.4 Å². The highest BCUT2D eigenvalue weighted by Crippen LogP contribution is 2.35. The molecule has 2 aliphatic heterocycles. The van der Waals surface area contributed by atoms with Crippen molar-refractivity contribution in [1.29, 1.82) is 0 Å². The molecule has 4 aromatic rings. The van der Waals surface area contributed by atoms with Gasteiger partial charge in [-0.25, -0.2) is 9.37 Å². The third-order valence-electron chi connectivity index (χ3n) is 6.55. The zero-order valence-corrected chi connectivity index (χ0v) is 17.5. The Labute approximate surface area is 185 Å². The first-order chi connectivity index (χ1) is 15.7. The van der Waals surface area contributed by atoms with Crippen LogP contribution in [0.5, 0.6) is 0 Å². The number of nitrogens with zero attached hydrogens (tertiary/aromatic N) is 3. The van der Waals surface area contributed by atoms with Crippen molar-refractivity contribution in [1.82, 2.24) is 19.4 Å². The minimum atomic E-state index is -0.236. The van der Waals surface area contributed by atoms with E-state index in [2.05, 4.69) is 55.2 Å². The van der Waals surface area contributed by atoms with Gasteiger partial charge in [0.1, 0.15) is 5.82 Å². The Bertz CT molecular complexity index is 1280. The molecular formula is C25H24FN5O. The van der Waals surface area contributed by atoms with Crippen LogP contribution < -0.4 is 10.6 Å². The zero-order chi connectivity index (χ0) is 21.7. The first kappa shape index (κ1) is 19.3. The molecule has 0 saturated carbocycles. The Kier molecular flexibility index (Phi) is 4.59. The van der Waals surface area contributed by atoms with E-state index in [9.17, 15) is 9.50 Å². The van der Waals surface area contributed by atoms with Gasteiger partial charge in [0, 0.05) is 68.0 Å². The van der Waals surface area contributed by atoms with Crippen molar-refractivity contribution in [2.24, 2.45) is 5.92 Å². The largest absolute Gasteiger partial charge is 0.396 e. The SMILES string of the molecule is OC[C@@H]1CNCC1Nc1ccc2c(c1)Cn1cc(-c3ccc(F)cc3)cc1-c1nccn1-2. The number of hydrogen-bond donors (Lipinski definition) is 3. The number of halogens is 1. The van der Waals surface area contributed by atoms with Gasteiger partial charge in [0.2, 0.25) is 0 Å². The number of aliphatic hydroxyl groups is 1. The predicted molar refractivity (Wildman–Crippen MR) is 122 cm³/mol. The summed E-state index contributed by atoms with van der Waals surface area (Å²) in [4.78, 5) is 4.64. The van der Waals surface area contributed by atoms with Gasteiger partial charge in [0.25, 0.3) is 0 Å².